The van der Waals surface area contributed by atoms with Crippen LogP contribution in [-0.2, 0) is 9.53 Å². The highest BCUT2D eigenvalue weighted by Gasteiger charge is 2.41. The molecule has 13 heavy (non-hydrogen) atoms. The summed E-state index contributed by atoms with van der Waals surface area (Å²) < 4.78 is 4.23. The van der Waals surface area contributed by atoms with Crippen molar-refractivity contribution in [1.29, 1.82) is 0 Å². The first-order valence-corrected chi connectivity index (χ1v) is 4.53. The molecule has 0 saturated heterocycles. The molecule has 0 bridgehead atoms. The van der Waals surface area contributed by atoms with Gasteiger partial charge < -0.3 is 14.6 Å². The minimum Gasteiger partial charge on any atom is -0.632 e. The van der Waals surface area contributed by atoms with Gasteiger partial charge in [0.05, 0.1) is 20.2 Å². The molecule has 1 atom stereocenters. The smallest absolute Gasteiger partial charge is 0.367 e. The van der Waals surface area contributed by atoms with Crippen LogP contribution in [0.25, 0.3) is 0 Å². The van der Waals surface area contributed by atoms with Crippen LogP contribution in [0.3, 0.4) is 0 Å². The molecular weight excluding hydrogens is 170 g/mol. The number of quaternary nitrogens is 1. The number of nitrogens with zero attached hydrogens (tertiary/aromatic N) is 1. The molecule has 0 aliphatic rings. The summed E-state index contributed by atoms with van der Waals surface area (Å²) in [4.78, 5) is 11.4. The van der Waals surface area contributed by atoms with Gasteiger partial charge in [-0.05, 0) is 13.8 Å². The molecule has 0 fully saturated rings. The second kappa shape index (κ2) is 4.07. The van der Waals surface area contributed by atoms with Gasteiger partial charge in [-0.3, -0.25) is 0 Å². The quantitative estimate of drug-likeness (QED) is 0.380. The van der Waals surface area contributed by atoms with E-state index >= 15 is 0 Å². The predicted molar refractivity (Wildman–Crippen MR) is 50.8 cm³/mol. The van der Waals surface area contributed by atoms with Crippen molar-refractivity contribution >= 4 is 5.97 Å². The van der Waals surface area contributed by atoms with Crippen LogP contribution in [0.2, 0.25) is 0 Å². The fraction of sp³-hybridized carbons (Fsp3) is 0.889. The van der Waals surface area contributed by atoms with Crippen LogP contribution in [-0.4, -0.2) is 36.4 Å². The van der Waals surface area contributed by atoms with Crippen LogP contribution in [0.15, 0.2) is 0 Å². The number of hydrogen-bond donors (Lipinski definition) is 0. The number of carbonyl (C=O) groups is 1. The average Bonchev–Trinajstić information content (AvgIpc) is 2.04. The van der Waals surface area contributed by atoms with E-state index in [0.717, 1.165) is 0 Å². The van der Waals surface area contributed by atoms with Crippen LogP contribution in [0.5, 0.6) is 0 Å². The van der Waals surface area contributed by atoms with Gasteiger partial charge in [-0.25, -0.2) is 4.79 Å². The standard InChI is InChI=1S/C9H19NO3/c1-6-10(5,12)9(3,4)8(11)13-7-2/h6-7H2,1-5H3. The zero-order valence-corrected chi connectivity index (χ0v) is 9.09. The number of esters is 1. The highest BCUT2D eigenvalue weighted by atomic mass is 16.6. The van der Waals surface area contributed by atoms with Gasteiger partial charge in [0, 0.05) is 13.8 Å². The summed E-state index contributed by atoms with van der Waals surface area (Å²) in [5, 5.41) is 11.8. The van der Waals surface area contributed by atoms with E-state index in [-0.39, 0.29) is 0 Å². The molecule has 0 aliphatic carbocycles. The van der Waals surface area contributed by atoms with Gasteiger partial charge in [-0.15, -0.1) is 0 Å². The molecular formula is C9H19NO3. The molecule has 0 rings (SSSR count). The Morgan fingerprint density at radius 2 is 1.92 bits per heavy atom. The normalized spacial score (nSPS) is 16.5. The molecule has 4 heteroatoms. The first-order valence-electron chi connectivity index (χ1n) is 4.53. The van der Waals surface area contributed by atoms with E-state index in [0.29, 0.717) is 13.2 Å². The molecule has 0 saturated carbocycles. The Balaban J connectivity index is 4.64. The lowest BCUT2D eigenvalue weighted by Crippen LogP contribution is -2.59. The molecule has 0 aliphatic heterocycles. The van der Waals surface area contributed by atoms with E-state index in [9.17, 15) is 10.0 Å². The Hall–Kier alpha value is -0.610. The molecule has 0 amide bonds. The number of carbonyl (C=O) groups excluding carboxylic acids is 1. The van der Waals surface area contributed by atoms with Crippen LogP contribution >= 0.6 is 0 Å². The summed E-state index contributed by atoms with van der Waals surface area (Å²) in [7, 11) is 1.48. The number of hydrogen-bond acceptors (Lipinski definition) is 3. The van der Waals surface area contributed by atoms with Gasteiger partial charge in [-0.2, -0.15) is 0 Å². The first kappa shape index (κ1) is 12.4. The molecule has 78 valence electrons. The number of ether oxygens (including phenoxy) is 1. The molecule has 0 N–H and O–H groups in total. The summed E-state index contributed by atoms with van der Waals surface area (Å²) in [6.45, 7) is 7.38. The number of rotatable bonds is 4. The van der Waals surface area contributed by atoms with Crippen LogP contribution < -0.4 is 0 Å². The maximum absolute atomic E-state index is 11.8. The number of hydroxylamine groups is 3. The van der Waals surface area contributed by atoms with Crippen molar-refractivity contribution in [2.75, 3.05) is 20.2 Å². The highest BCUT2D eigenvalue weighted by molar-refractivity contribution is 5.78. The van der Waals surface area contributed by atoms with Gasteiger partial charge in [0.15, 0.2) is 5.54 Å². The molecule has 0 heterocycles. The minimum atomic E-state index is -1.02. The van der Waals surface area contributed by atoms with E-state index in [1.54, 1.807) is 27.7 Å². The fourth-order valence-corrected chi connectivity index (χ4v) is 0.896. The zero-order valence-electron chi connectivity index (χ0n) is 9.09. The van der Waals surface area contributed by atoms with Crippen molar-refractivity contribution in [2.45, 2.75) is 33.2 Å². The van der Waals surface area contributed by atoms with Crippen LogP contribution in [0.4, 0.5) is 0 Å². The van der Waals surface area contributed by atoms with E-state index in [1.165, 1.54) is 7.05 Å². The molecule has 4 nitrogen and oxygen atoms in total. The highest BCUT2D eigenvalue weighted by Crippen LogP contribution is 2.22. The monoisotopic (exact) mass is 189 g/mol. The summed E-state index contributed by atoms with van der Waals surface area (Å²) in [5.41, 5.74) is -1.02. The van der Waals surface area contributed by atoms with E-state index in [2.05, 4.69) is 0 Å². The van der Waals surface area contributed by atoms with Crippen LogP contribution in [0, 0.1) is 5.21 Å². The van der Waals surface area contributed by atoms with Gasteiger partial charge in [0.25, 0.3) is 0 Å². The number of likely N-dealkylation sites (N-methyl/N-ethyl adjacent to an activating group) is 1. The molecule has 0 aromatic carbocycles. The Labute approximate surface area is 79.7 Å². The summed E-state index contributed by atoms with van der Waals surface area (Å²) in [6, 6.07) is 0. The lowest BCUT2D eigenvalue weighted by molar-refractivity contribution is -0.898. The third kappa shape index (κ3) is 2.42. The fourth-order valence-electron chi connectivity index (χ4n) is 0.896. The van der Waals surface area contributed by atoms with Gasteiger partial charge in [0.2, 0.25) is 0 Å². The van der Waals surface area contributed by atoms with Crippen molar-refractivity contribution in [3.8, 4) is 0 Å². The molecule has 0 aromatic rings. The Morgan fingerprint density at radius 1 is 1.46 bits per heavy atom. The van der Waals surface area contributed by atoms with Crippen molar-refractivity contribution in [3.63, 3.8) is 0 Å². The van der Waals surface area contributed by atoms with E-state index < -0.39 is 16.2 Å². The van der Waals surface area contributed by atoms with Crippen molar-refractivity contribution in [3.05, 3.63) is 5.21 Å². The largest absolute Gasteiger partial charge is 0.632 e. The zero-order chi connectivity index (χ0) is 10.7. The summed E-state index contributed by atoms with van der Waals surface area (Å²) in [6.07, 6.45) is 0. The lowest BCUT2D eigenvalue weighted by Gasteiger charge is -2.48. The first-order chi connectivity index (χ1) is 5.79. The second-order valence-electron chi connectivity index (χ2n) is 3.70. The average molecular weight is 189 g/mol. The SMILES string of the molecule is CCOC(=O)C(C)(C)[N+](C)([O-])CC. The Morgan fingerprint density at radius 3 is 2.23 bits per heavy atom. The third-order valence-electron chi connectivity index (χ3n) is 2.56. The van der Waals surface area contributed by atoms with E-state index in [4.69, 9.17) is 4.74 Å². The molecule has 0 radical (unpaired) electrons. The Kier molecular flexibility index (Phi) is 3.88. The molecule has 1 unspecified atom stereocenters. The van der Waals surface area contributed by atoms with E-state index in [1.807, 2.05) is 0 Å². The maximum Gasteiger partial charge on any atom is 0.367 e. The third-order valence-corrected chi connectivity index (χ3v) is 2.56. The predicted octanol–water partition coefficient (Wildman–Crippen LogP) is 1.29. The van der Waals surface area contributed by atoms with Crippen LogP contribution in [0.1, 0.15) is 27.7 Å². The van der Waals surface area contributed by atoms with Crippen molar-refractivity contribution in [2.24, 2.45) is 0 Å². The second-order valence-corrected chi connectivity index (χ2v) is 3.70. The van der Waals surface area contributed by atoms with Gasteiger partial charge in [-0.1, -0.05) is 0 Å². The van der Waals surface area contributed by atoms with Gasteiger partial charge >= 0.3 is 5.97 Å². The lowest BCUT2D eigenvalue weighted by atomic mass is 10.0. The molecule has 0 spiro atoms. The summed E-state index contributed by atoms with van der Waals surface area (Å²) in [5.74, 6) is -0.436. The maximum atomic E-state index is 11.8. The van der Waals surface area contributed by atoms with Crippen molar-refractivity contribution < 1.29 is 14.2 Å². The Bertz CT molecular complexity index is 187. The van der Waals surface area contributed by atoms with Crippen molar-refractivity contribution in [1.82, 2.24) is 0 Å². The minimum absolute atomic E-state index is 0.311. The summed E-state index contributed by atoms with van der Waals surface area (Å²) >= 11 is 0. The van der Waals surface area contributed by atoms with Gasteiger partial charge in [0.1, 0.15) is 0 Å². The topological polar surface area (TPSA) is 49.4 Å². The molecule has 0 aromatic heterocycles.